The third-order valence-corrected chi connectivity index (χ3v) is 10.3. The van der Waals surface area contributed by atoms with Crippen LogP contribution in [0.1, 0.15) is 0 Å². The standard InChI is InChI=1S/C9H6N2S5/c1-2-4-7(5-3-1)11-6-8-9(10-11)13-15-16-14-12-8/h1-6H. The maximum atomic E-state index is 4.59. The largest absolute Gasteiger partial charge is 0.239 e. The molecule has 0 bridgehead atoms. The van der Waals surface area contributed by atoms with Crippen LogP contribution in [0.2, 0.25) is 0 Å². The van der Waals surface area contributed by atoms with Crippen LogP contribution in [0.15, 0.2) is 46.5 Å². The number of rotatable bonds is 1. The van der Waals surface area contributed by atoms with Crippen molar-refractivity contribution < 1.29 is 0 Å². The number of para-hydroxylation sites is 1. The van der Waals surface area contributed by atoms with Gasteiger partial charge in [-0.15, -0.1) is 0 Å². The third kappa shape index (κ3) is 2.38. The number of hydrogen-bond acceptors (Lipinski definition) is 6. The molecule has 0 unspecified atom stereocenters. The normalized spacial score (nSPS) is 15.5. The second-order valence-electron chi connectivity index (χ2n) is 2.95. The summed E-state index contributed by atoms with van der Waals surface area (Å²) in [5, 5.41) is 5.70. The summed E-state index contributed by atoms with van der Waals surface area (Å²) >= 11 is 0. The van der Waals surface area contributed by atoms with Gasteiger partial charge < -0.3 is 0 Å². The maximum absolute atomic E-state index is 4.59. The molecule has 0 spiro atoms. The van der Waals surface area contributed by atoms with E-state index in [1.807, 2.05) is 22.9 Å². The summed E-state index contributed by atoms with van der Waals surface area (Å²) in [6.07, 6.45) is 2.10. The minimum absolute atomic E-state index is 1.11. The van der Waals surface area contributed by atoms with Crippen LogP contribution in [0, 0.1) is 0 Å². The van der Waals surface area contributed by atoms with Gasteiger partial charge in [0.2, 0.25) is 0 Å². The zero-order valence-corrected chi connectivity index (χ0v) is 12.0. The van der Waals surface area contributed by atoms with E-state index in [-0.39, 0.29) is 0 Å². The van der Waals surface area contributed by atoms with E-state index in [4.69, 9.17) is 0 Å². The second kappa shape index (κ2) is 5.22. The van der Waals surface area contributed by atoms with Crippen molar-refractivity contribution in [1.29, 1.82) is 0 Å². The average molecular weight is 302 g/mol. The minimum atomic E-state index is 1.11. The van der Waals surface area contributed by atoms with Crippen LogP contribution in [0.5, 0.6) is 0 Å². The second-order valence-corrected chi connectivity index (χ2v) is 10.4. The summed E-state index contributed by atoms with van der Waals surface area (Å²) in [4.78, 5) is 1.25. The first-order valence-corrected chi connectivity index (χ1v) is 10.6. The molecule has 7 heteroatoms. The highest BCUT2D eigenvalue weighted by atomic mass is 33.8. The van der Waals surface area contributed by atoms with Crippen molar-refractivity contribution in [3.63, 3.8) is 0 Å². The molecular formula is C9H6N2S5. The van der Waals surface area contributed by atoms with Gasteiger partial charge in [-0.05, 0) is 63.2 Å². The van der Waals surface area contributed by atoms with Crippen molar-refractivity contribution in [3.05, 3.63) is 36.5 Å². The fourth-order valence-electron chi connectivity index (χ4n) is 1.28. The Labute approximate surface area is 112 Å². The molecule has 82 valence electrons. The molecule has 0 saturated heterocycles. The molecule has 2 aromatic rings. The molecule has 2 nitrogen and oxygen atoms in total. The lowest BCUT2D eigenvalue weighted by Crippen LogP contribution is -1.93. The van der Waals surface area contributed by atoms with Crippen molar-refractivity contribution in [3.8, 4) is 5.69 Å². The van der Waals surface area contributed by atoms with Gasteiger partial charge in [-0.2, -0.15) is 5.10 Å². The van der Waals surface area contributed by atoms with Crippen molar-refractivity contribution in [1.82, 2.24) is 9.78 Å². The summed E-state index contributed by atoms with van der Waals surface area (Å²) in [6.45, 7) is 0. The predicted octanol–water partition coefficient (Wildman–Crippen LogP) is 4.93. The average Bonchev–Trinajstić information content (AvgIpc) is 2.62. The molecule has 1 aliphatic heterocycles. The van der Waals surface area contributed by atoms with Crippen LogP contribution in [-0.4, -0.2) is 9.78 Å². The van der Waals surface area contributed by atoms with Crippen LogP contribution in [0.4, 0.5) is 0 Å². The van der Waals surface area contributed by atoms with Gasteiger partial charge >= 0.3 is 0 Å². The van der Waals surface area contributed by atoms with E-state index in [1.165, 1.54) is 4.90 Å². The molecule has 0 fully saturated rings. The number of aromatic nitrogens is 2. The molecule has 0 saturated carbocycles. The molecule has 0 radical (unpaired) electrons. The van der Waals surface area contributed by atoms with Gasteiger partial charge in [0, 0.05) is 6.20 Å². The molecule has 3 rings (SSSR count). The SMILES string of the molecule is c1ccc(-n2cc3c(n2)SSSSS3)cc1. The predicted molar refractivity (Wildman–Crippen MR) is 78.1 cm³/mol. The highest BCUT2D eigenvalue weighted by Gasteiger charge is 2.15. The smallest absolute Gasteiger partial charge is 0.144 e. The van der Waals surface area contributed by atoms with Crippen LogP contribution < -0.4 is 0 Å². The molecule has 1 aromatic heterocycles. The van der Waals surface area contributed by atoms with Gasteiger partial charge in [0.1, 0.15) is 5.03 Å². The number of nitrogens with zero attached hydrogens (tertiary/aromatic N) is 2. The van der Waals surface area contributed by atoms with Crippen molar-refractivity contribution >= 4 is 51.1 Å². The monoisotopic (exact) mass is 302 g/mol. The van der Waals surface area contributed by atoms with Crippen LogP contribution in [-0.2, 0) is 0 Å². The molecule has 0 amide bonds. The number of hydrogen-bond donors (Lipinski definition) is 0. The van der Waals surface area contributed by atoms with E-state index in [1.54, 1.807) is 51.1 Å². The summed E-state index contributed by atoms with van der Waals surface area (Å²) in [5.41, 5.74) is 1.11. The molecule has 0 aliphatic carbocycles. The Morgan fingerprint density at radius 1 is 0.938 bits per heavy atom. The molecule has 1 aromatic carbocycles. The minimum Gasteiger partial charge on any atom is -0.239 e. The van der Waals surface area contributed by atoms with Crippen molar-refractivity contribution in [2.24, 2.45) is 0 Å². The van der Waals surface area contributed by atoms with Gasteiger partial charge in [0.25, 0.3) is 0 Å². The Morgan fingerprint density at radius 3 is 2.62 bits per heavy atom. The van der Waals surface area contributed by atoms with Crippen LogP contribution in [0.3, 0.4) is 0 Å². The van der Waals surface area contributed by atoms with Gasteiger partial charge in [0.05, 0.1) is 10.6 Å². The quantitative estimate of drug-likeness (QED) is 0.690. The van der Waals surface area contributed by atoms with Crippen molar-refractivity contribution in [2.75, 3.05) is 0 Å². The molecular weight excluding hydrogens is 296 g/mol. The molecule has 16 heavy (non-hydrogen) atoms. The fourth-order valence-corrected chi connectivity index (χ4v) is 9.85. The van der Waals surface area contributed by atoms with E-state index < -0.39 is 0 Å². The molecule has 1 aliphatic rings. The Balaban J connectivity index is 1.98. The topological polar surface area (TPSA) is 17.8 Å². The number of benzene rings is 1. The zero-order chi connectivity index (χ0) is 10.8. The number of fused-ring (bicyclic) bond motifs is 1. The van der Waals surface area contributed by atoms with E-state index in [9.17, 15) is 0 Å². The summed E-state index contributed by atoms with van der Waals surface area (Å²) < 4.78 is 1.95. The van der Waals surface area contributed by atoms with E-state index >= 15 is 0 Å². The maximum Gasteiger partial charge on any atom is 0.144 e. The third-order valence-electron chi connectivity index (χ3n) is 1.96. The Bertz CT molecular complexity index is 460. The lowest BCUT2D eigenvalue weighted by atomic mass is 10.3. The summed E-state index contributed by atoms with van der Waals surface area (Å²) in [7, 11) is 8.85. The lowest BCUT2D eigenvalue weighted by Gasteiger charge is -1.99. The van der Waals surface area contributed by atoms with Crippen molar-refractivity contribution in [2.45, 2.75) is 9.92 Å². The van der Waals surface area contributed by atoms with Gasteiger partial charge in [-0.1, -0.05) is 18.2 Å². The summed E-state index contributed by atoms with van der Waals surface area (Å²) in [6, 6.07) is 10.2. The van der Waals surface area contributed by atoms with Gasteiger partial charge in [-0.25, -0.2) is 4.68 Å². The Hall–Kier alpha value is 0.180. The summed E-state index contributed by atoms with van der Waals surface area (Å²) in [5.74, 6) is 0. The lowest BCUT2D eigenvalue weighted by molar-refractivity contribution is 0.838. The molecule has 0 atom stereocenters. The first kappa shape index (κ1) is 11.3. The van der Waals surface area contributed by atoms with E-state index in [2.05, 4.69) is 23.4 Å². The molecule has 2 heterocycles. The van der Waals surface area contributed by atoms with E-state index in [0.717, 1.165) is 10.7 Å². The molecule has 0 N–H and O–H groups in total. The fraction of sp³-hybridized carbons (Fsp3) is 0. The zero-order valence-electron chi connectivity index (χ0n) is 7.90. The first-order valence-electron chi connectivity index (χ1n) is 4.43. The first-order chi connectivity index (χ1) is 7.93. The van der Waals surface area contributed by atoms with Gasteiger partial charge in [-0.3, -0.25) is 0 Å². The van der Waals surface area contributed by atoms with Crippen LogP contribution in [0.25, 0.3) is 5.69 Å². The highest BCUT2D eigenvalue weighted by molar-refractivity contribution is 9.36. The Morgan fingerprint density at radius 2 is 1.75 bits per heavy atom. The Kier molecular flexibility index (Phi) is 3.68. The van der Waals surface area contributed by atoms with Crippen LogP contribution >= 0.6 is 51.1 Å². The van der Waals surface area contributed by atoms with Gasteiger partial charge in [0.15, 0.2) is 0 Å². The highest BCUT2D eigenvalue weighted by Crippen LogP contribution is 2.58. The van der Waals surface area contributed by atoms with E-state index in [0.29, 0.717) is 0 Å².